The SMILES string of the molecule is CCCCCCCCC1=C(c2cccc(CCCCCC)c2)[N+](=[N-])C(c2cccc(CCCCCC)c2)=C1CCCC.[CH2-]CCC.[CH2-]CCC.[Ni+2]. The fraction of sp³-hybridized carbons (Fsp3) is 0.625. The second-order valence-corrected chi connectivity index (χ2v) is 14.3. The van der Waals surface area contributed by atoms with E-state index in [4.69, 9.17) is 0 Å². The zero-order valence-electron chi connectivity index (χ0n) is 34.2. The Labute approximate surface area is 328 Å². The van der Waals surface area contributed by atoms with Crippen LogP contribution in [0.4, 0.5) is 0 Å². The third-order valence-electron chi connectivity index (χ3n) is 9.67. The molecule has 0 amide bonds. The minimum Gasteiger partial charge on any atom is -0.493 e. The smallest absolute Gasteiger partial charge is 0.493 e. The molecule has 0 unspecified atom stereocenters. The average molecular weight is 742 g/mol. The second kappa shape index (κ2) is 32.6. The van der Waals surface area contributed by atoms with E-state index in [-0.39, 0.29) is 16.5 Å². The van der Waals surface area contributed by atoms with Crippen LogP contribution in [0.5, 0.6) is 0 Å². The maximum absolute atomic E-state index is 12.1. The Morgan fingerprint density at radius 2 is 0.784 bits per heavy atom. The van der Waals surface area contributed by atoms with Crippen molar-refractivity contribution in [1.82, 2.24) is 0 Å². The van der Waals surface area contributed by atoms with E-state index in [1.54, 1.807) is 4.70 Å². The topological polar surface area (TPSA) is 25.3 Å². The van der Waals surface area contributed by atoms with E-state index >= 15 is 0 Å². The molecule has 1 aliphatic rings. The molecule has 0 N–H and O–H groups in total. The number of aryl methyl sites for hydroxylation is 2. The first-order valence-corrected chi connectivity index (χ1v) is 21.2. The van der Waals surface area contributed by atoms with Crippen molar-refractivity contribution in [2.75, 3.05) is 0 Å². The number of benzene rings is 2. The van der Waals surface area contributed by atoms with Gasteiger partial charge in [-0.1, -0.05) is 156 Å². The zero-order valence-corrected chi connectivity index (χ0v) is 35.2. The van der Waals surface area contributed by atoms with Crippen LogP contribution in [0.3, 0.4) is 0 Å². The van der Waals surface area contributed by atoms with E-state index in [0.29, 0.717) is 0 Å². The van der Waals surface area contributed by atoms with E-state index in [2.05, 4.69) is 104 Å². The number of unbranched alkanes of at least 4 members (excludes halogenated alkanes) is 14. The van der Waals surface area contributed by atoms with E-state index in [1.807, 2.05) is 0 Å². The Morgan fingerprint density at radius 1 is 0.451 bits per heavy atom. The van der Waals surface area contributed by atoms with Crippen molar-refractivity contribution in [2.24, 2.45) is 0 Å². The summed E-state index contributed by atoms with van der Waals surface area (Å²) in [5.41, 5.74) is 22.0. The van der Waals surface area contributed by atoms with Gasteiger partial charge in [0.15, 0.2) is 0 Å². The van der Waals surface area contributed by atoms with Gasteiger partial charge in [-0.3, -0.25) is 0 Å². The molecule has 290 valence electrons. The fourth-order valence-electron chi connectivity index (χ4n) is 6.48. The standard InChI is InChI=1S/C40H60N2.2C4H9.Ni/c1-5-9-13-16-17-20-30-38-37(29-12-8-4)39(35-27-21-25-33(31-35)23-18-14-10-6-2)42(41)40(38)36-28-22-26-34(32-36)24-19-15-11-7-3;2*1-3-4-2;/h21-22,25-28,31-32H,5-20,23-24,29-30H2,1-4H3;2*1,3-4H2,2H3;/q;2*-1;+2. The summed E-state index contributed by atoms with van der Waals surface area (Å²) in [5.74, 6) is 0. The van der Waals surface area contributed by atoms with Gasteiger partial charge in [0.25, 0.3) is 0 Å². The van der Waals surface area contributed by atoms with E-state index in [9.17, 15) is 5.53 Å². The maximum atomic E-state index is 12.1. The zero-order chi connectivity index (χ0) is 36.8. The summed E-state index contributed by atoms with van der Waals surface area (Å²) in [6.07, 6.45) is 29.1. The Hall–Kier alpha value is -1.99. The summed E-state index contributed by atoms with van der Waals surface area (Å²) in [5, 5.41) is 0. The first kappa shape index (κ1) is 49.0. The van der Waals surface area contributed by atoms with Crippen LogP contribution in [-0.4, -0.2) is 4.70 Å². The minimum atomic E-state index is 0. The molecule has 0 spiro atoms. The van der Waals surface area contributed by atoms with Crippen LogP contribution in [0.1, 0.15) is 205 Å². The van der Waals surface area contributed by atoms with Crippen molar-refractivity contribution < 1.29 is 21.2 Å². The van der Waals surface area contributed by atoms with Crippen LogP contribution < -0.4 is 0 Å². The Balaban J connectivity index is 0.00000251. The summed E-state index contributed by atoms with van der Waals surface area (Å²) in [7, 11) is 0. The van der Waals surface area contributed by atoms with Crippen molar-refractivity contribution >= 4 is 11.4 Å². The van der Waals surface area contributed by atoms with Crippen molar-refractivity contribution in [1.29, 1.82) is 0 Å². The summed E-state index contributed by atoms with van der Waals surface area (Å²) in [6, 6.07) is 18.1. The number of nitrogens with zero attached hydrogens (tertiary/aromatic N) is 2. The van der Waals surface area contributed by atoms with E-state index < -0.39 is 0 Å². The third-order valence-corrected chi connectivity index (χ3v) is 9.67. The quantitative estimate of drug-likeness (QED) is 0.0443. The van der Waals surface area contributed by atoms with Crippen LogP contribution in [0, 0.1) is 13.8 Å². The number of hydrogen-bond acceptors (Lipinski definition) is 0. The maximum Gasteiger partial charge on any atom is 2.00 e. The predicted molar refractivity (Wildman–Crippen MR) is 224 cm³/mol. The molecule has 1 aliphatic heterocycles. The van der Waals surface area contributed by atoms with Gasteiger partial charge >= 0.3 is 16.5 Å². The summed E-state index contributed by atoms with van der Waals surface area (Å²) < 4.78 is 1.59. The van der Waals surface area contributed by atoms with E-state index in [1.165, 1.54) is 136 Å². The average Bonchev–Trinajstić information content (AvgIpc) is 3.43. The van der Waals surface area contributed by atoms with Crippen LogP contribution in [0.25, 0.3) is 16.9 Å². The second-order valence-electron chi connectivity index (χ2n) is 14.3. The van der Waals surface area contributed by atoms with Crippen molar-refractivity contribution in [3.63, 3.8) is 0 Å². The molecule has 0 radical (unpaired) electrons. The van der Waals surface area contributed by atoms with Crippen molar-refractivity contribution in [2.45, 2.75) is 196 Å². The Kier molecular flexibility index (Phi) is 31.4. The molecule has 0 bridgehead atoms. The van der Waals surface area contributed by atoms with Crippen LogP contribution in [-0.2, 0) is 29.3 Å². The molecule has 0 aliphatic carbocycles. The van der Waals surface area contributed by atoms with Gasteiger partial charge in [-0.25, -0.2) is 4.70 Å². The molecule has 3 rings (SSSR count). The van der Waals surface area contributed by atoms with Gasteiger partial charge in [0.2, 0.25) is 11.4 Å². The number of hydrogen-bond donors (Lipinski definition) is 0. The van der Waals surface area contributed by atoms with Crippen molar-refractivity contribution in [3.8, 4) is 0 Å². The van der Waals surface area contributed by atoms with Gasteiger partial charge in [0.1, 0.15) is 0 Å². The van der Waals surface area contributed by atoms with Gasteiger partial charge in [-0.05, 0) is 86.8 Å². The Morgan fingerprint density at radius 3 is 1.18 bits per heavy atom. The first-order chi connectivity index (χ1) is 24.5. The minimum absolute atomic E-state index is 0. The number of allylic oxidation sites excluding steroid dienone is 2. The van der Waals surface area contributed by atoms with Gasteiger partial charge in [0, 0.05) is 22.3 Å². The monoisotopic (exact) mass is 741 g/mol. The van der Waals surface area contributed by atoms with Crippen LogP contribution in [0.2, 0.25) is 0 Å². The summed E-state index contributed by atoms with van der Waals surface area (Å²) >= 11 is 0. The molecule has 0 saturated heterocycles. The molecule has 2 aromatic carbocycles. The molecular formula is C48H78N2Ni. The number of rotatable bonds is 24. The molecule has 3 heteroatoms. The molecule has 1 heterocycles. The fourth-order valence-corrected chi connectivity index (χ4v) is 6.48. The van der Waals surface area contributed by atoms with Crippen LogP contribution >= 0.6 is 0 Å². The molecule has 0 saturated carbocycles. The van der Waals surface area contributed by atoms with Gasteiger partial charge in [-0.15, -0.1) is 0 Å². The third kappa shape index (κ3) is 19.6. The molecule has 0 fully saturated rings. The largest absolute Gasteiger partial charge is 2.00 e. The normalized spacial score (nSPS) is 12.4. The molecule has 0 aromatic heterocycles. The van der Waals surface area contributed by atoms with Gasteiger partial charge < -0.3 is 19.4 Å². The van der Waals surface area contributed by atoms with Crippen molar-refractivity contribution in [3.05, 3.63) is 101 Å². The summed E-state index contributed by atoms with van der Waals surface area (Å²) in [6.45, 7) is 20.6. The molecule has 0 atom stereocenters. The molecular weight excluding hydrogens is 663 g/mol. The molecule has 2 aromatic rings. The first-order valence-electron chi connectivity index (χ1n) is 21.2. The van der Waals surface area contributed by atoms with Crippen LogP contribution in [0.15, 0.2) is 59.7 Å². The molecule has 2 nitrogen and oxygen atoms in total. The van der Waals surface area contributed by atoms with E-state index in [0.717, 1.165) is 62.8 Å². The van der Waals surface area contributed by atoms with Gasteiger partial charge in [0.05, 0.1) is 0 Å². The summed E-state index contributed by atoms with van der Waals surface area (Å²) in [4.78, 5) is 0. The Bertz CT molecular complexity index is 1220. The molecule has 51 heavy (non-hydrogen) atoms. The van der Waals surface area contributed by atoms with Gasteiger partial charge in [-0.2, -0.15) is 12.8 Å². The predicted octanol–water partition coefficient (Wildman–Crippen LogP) is 16.3.